The molecule has 0 aromatic carbocycles. The van der Waals surface area contributed by atoms with Crippen molar-refractivity contribution in [2.24, 2.45) is 0 Å². The summed E-state index contributed by atoms with van der Waals surface area (Å²) in [6.45, 7) is 6.45. The molecule has 114 valence electrons. The van der Waals surface area contributed by atoms with Crippen molar-refractivity contribution in [2.45, 2.75) is 39.2 Å². The third-order valence-electron chi connectivity index (χ3n) is 3.42. The van der Waals surface area contributed by atoms with Crippen LogP contribution in [0.5, 0.6) is 0 Å². The number of rotatable bonds is 1. The van der Waals surface area contributed by atoms with Crippen molar-refractivity contribution >= 4 is 5.91 Å². The number of ether oxygens (including phenoxy) is 2. The molecule has 0 aromatic heterocycles. The van der Waals surface area contributed by atoms with Crippen molar-refractivity contribution in [3.05, 3.63) is 23.8 Å². The molecule has 4 nitrogen and oxygen atoms in total. The van der Waals surface area contributed by atoms with E-state index < -0.39 is 0 Å². The number of allylic oxidation sites excluding steroid dienone is 1. The van der Waals surface area contributed by atoms with Crippen molar-refractivity contribution in [2.75, 3.05) is 33.4 Å². The lowest BCUT2D eigenvalue weighted by atomic mass is 10.1. The molecule has 0 aliphatic carbocycles. The first-order valence-corrected chi connectivity index (χ1v) is 7.32. The molecule has 1 aliphatic rings. The van der Waals surface area contributed by atoms with Crippen LogP contribution >= 0.6 is 0 Å². The molecule has 0 bridgehead atoms. The van der Waals surface area contributed by atoms with E-state index in [9.17, 15) is 4.79 Å². The Morgan fingerprint density at radius 3 is 3.00 bits per heavy atom. The van der Waals surface area contributed by atoms with Gasteiger partial charge in [0.05, 0.1) is 12.7 Å². The average molecular weight is 281 g/mol. The molecule has 1 unspecified atom stereocenters. The van der Waals surface area contributed by atoms with Crippen LogP contribution in [0.3, 0.4) is 0 Å². The van der Waals surface area contributed by atoms with Crippen LogP contribution in [0.4, 0.5) is 0 Å². The van der Waals surface area contributed by atoms with E-state index in [4.69, 9.17) is 9.47 Å². The Kier molecular flexibility index (Phi) is 8.23. The summed E-state index contributed by atoms with van der Waals surface area (Å²) in [5.74, 6) is 0.104. The van der Waals surface area contributed by atoms with Crippen LogP contribution < -0.4 is 0 Å². The van der Waals surface area contributed by atoms with Gasteiger partial charge in [-0.2, -0.15) is 0 Å². The van der Waals surface area contributed by atoms with Crippen LogP contribution in [-0.2, 0) is 14.3 Å². The molecule has 0 saturated carbocycles. The summed E-state index contributed by atoms with van der Waals surface area (Å²) in [5, 5.41) is 0. The highest BCUT2D eigenvalue weighted by atomic mass is 16.5. The average Bonchev–Trinajstić information content (AvgIpc) is 2.42. The molecule has 1 atom stereocenters. The minimum absolute atomic E-state index is 0.104. The Hall–Kier alpha value is -1.13. The summed E-state index contributed by atoms with van der Waals surface area (Å²) in [5.41, 5.74) is 1.25. The van der Waals surface area contributed by atoms with Gasteiger partial charge in [0.15, 0.2) is 0 Å². The molecule has 1 amide bonds. The van der Waals surface area contributed by atoms with Crippen molar-refractivity contribution in [3.63, 3.8) is 0 Å². The number of carbonyl (C=O) groups is 1. The van der Waals surface area contributed by atoms with Crippen LogP contribution in [0.2, 0.25) is 0 Å². The number of hydrogen-bond acceptors (Lipinski definition) is 3. The predicted molar refractivity (Wildman–Crippen MR) is 80.6 cm³/mol. The van der Waals surface area contributed by atoms with Gasteiger partial charge in [-0.05, 0) is 26.2 Å². The van der Waals surface area contributed by atoms with Crippen LogP contribution in [0.15, 0.2) is 23.8 Å². The second kappa shape index (κ2) is 9.72. The lowest BCUT2D eigenvalue weighted by Gasteiger charge is -2.20. The lowest BCUT2D eigenvalue weighted by Crippen LogP contribution is -2.30. The number of amides is 1. The fourth-order valence-corrected chi connectivity index (χ4v) is 2.15. The van der Waals surface area contributed by atoms with Gasteiger partial charge < -0.3 is 14.4 Å². The highest BCUT2D eigenvalue weighted by Gasteiger charge is 2.08. The molecule has 0 fully saturated rings. The van der Waals surface area contributed by atoms with Gasteiger partial charge in [-0.3, -0.25) is 4.79 Å². The molecule has 20 heavy (non-hydrogen) atoms. The minimum atomic E-state index is 0.104. The van der Waals surface area contributed by atoms with E-state index in [1.54, 1.807) is 14.0 Å². The van der Waals surface area contributed by atoms with Crippen LogP contribution in [-0.4, -0.2) is 50.3 Å². The standard InChI is InChI=1S/C16H27NO3/c1-14-7-4-8-16(19-3)9-5-10-17(15(2)18)11-6-12-20-13-14/h5,7,9,16H,4,6,8,10-13H2,1-3H3/b9-5+,14-7-. The molecule has 0 saturated heterocycles. The molecule has 1 heterocycles. The number of nitrogens with zero attached hydrogens (tertiary/aromatic N) is 1. The second-order valence-electron chi connectivity index (χ2n) is 5.20. The fraction of sp³-hybridized carbons (Fsp3) is 0.688. The first kappa shape index (κ1) is 16.9. The first-order chi connectivity index (χ1) is 9.63. The van der Waals surface area contributed by atoms with Crippen molar-refractivity contribution < 1.29 is 14.3 Å². The molecule has 0 aromatic rings. The van der Waals surface area contributed by atoms with E-state index in [0.717, 1.165) is 25.8 Å². The topological polar surface area (TPSA) is 38.8 Å². The van der Waals surface area contributed by atoms with Gasteiger partial charge in [0.2, 0.25) is 5.91 Å². The van der Waals surface area contributed by atoms with Crippen LogP contribution in [0.25, 0.3) is 0 Å². The van der Waals surface area contributed by atoms with Crippen LogP contribution in [0, 0.1) is 0 Å². The van der Waals surface area contributed by atoms with E-state index in [1.807, 2.05) is 11.0 Å². The van der Waals surface area contributed by atoms with Gasteiger partial charge in [-0.15, -0.1) is 0 Å². The highest BCUT2D eigenvalue weighted by molar-refractivity contribution is 5.73. The molecule has 0 radical (unpaired) electrons. The van der Waals surface area contributed by atoms with E-state index in [2.05, 4.69) is 19.1 Å². The SMILES string of the molecule is COC1/C=C/CN(C(C)=O)CCCOC/C(C)=C\CC1. The Morgan fingerprint density at radius 1 is 1.50 bits per heavy atom. The number of carbonyl (C=O) groups excluding carboxylic acids is 1. The minimum Gasteiger partial charge on any atom is -0.377 e. The maximum absolute atomic E-state index is 11.6. The van der Waals surface area contributed by atoms with Gasteiger partial charge in [-0.25, -0.2) is 0 Å². The van der Waals surface area contributed by atoms with E-state index in [0.29, 0.717) is 19.8 Å². The van der Waals surface area contributed by atoms with E-state index >= 15 is 0 Å². The molecular weight excluding hydrogens is 254 g/mol. The summed E-state index contributed by atoms with van der Waals surface area (Å²) < 4.78 is 11.0. The second-order valence-corrected chi connectivity index (χ2v) is 5.20. The van der Waals surface area contributed by atoms with Gasteiger partial charge in [0.25, 0.3) is 0 Å². The van der Waals surface area contributed by atoms with Gasteiger partial charge in [0, 0.05) is 33.7 Å². The fourth-order valence-electron chi connectivity index (χ4n) is 2.15. The number of hydrogen-bond donors (Lipinski definition) is 0. The van der Waals surface area contributed by atoms with Crippen molar-refractivity contribution in [1.82, 2.24) is 4.90 Å². The zero-order valence-corrected chi connectivity index (χ0v) is 12.9. The summed E-state index contributed by atoms with van der Waals surface area (Å²) in [4.78, 5) is 13.4. The zero-order chi connectivity index (χ0) is 14.8. The monoisotopic (exact) mass is 281 g/mol. The lowest BCUT2D eigenvalue weighted by molar-refractivity contribution is -0.128. The largest absolute Gasteiger partial charge is 0.377 e. The maximum atomic E-state index is 11.6. The Labute approximate surface area is 122 Å². The Bertz CT molecular complexity index is 350. The zero-order valence-electron chi connectivity index (χ0n) is 12.9. The summed E-state index contributed by atoms with van der Waals surface area (Å²) in [6, 6.07) is 0. The molecule has 1 aliphatic heterocycles. The Balaban J connectivity index is 2.64. The third-order valence-corrected chi connectivity index (χ3v) is 3.42. The molecular formula is C16H27NO3. The highest BCUT2D eigenvalue weighted by Crippen LogP contribution is 2.08. The number of methoxy groups -OCH3 is 1. The van der Waals surface area contributed by atoms with E-state index in [1.165, 1.54) is 5.57 Å². The van der Waals surface area contributed by atoms with E-state index in [-0.39, 0.29) is 12.0 Å². The van der Waals surface area contributed by atoms with Crippen molar-refractivity contribution in [3.8, 4) is 0 Å². The molecule has 4 heteroatoms. The molecule has 1 rings (SSSR count). The summed E-state index contributed by atoms with van der Waals surface area (Å²) in [7, 11) is 1.72. The van der Waals surface area contributed by atoms with Crippen molar-refractivity contribution in [1.29, 1.82) is 0 Å². The first-order valence-electron chi connectivity index (χ1n) is 7.32. The Morgan fingerprint density at radius 2 is 2.30 bits per heavy atom. The maximum Gasteiger partial charge on any atom is 0.219 e. The normalized spacial score (nSPS) is 27.2. The summed E-state index contributed by atoms with van der Waals surface area (Å²) >= 11 is 0. The van der Waals surface area contributed by atoms with Crippen LogP contribution in [0.1, 0.15) is 33.1 Å². The smallest absolute Gasteiger partial charge is 0.219 e. The third kappa shape index (κ3) is 6.87. The summed E-state index contributed by atoms with van der Waals surface area (Å²) in [6.07, 6.45) is 9.21. The molecule has 0 spiro atoms. The molecule has 0 N–H and O–H groups in total. The van der Waals surface area contributed by atoms with Gasteiger partial charge in [0.1, 0.15) is 0 Å². The predicted octanol–water partition coefficient (Wildman–Crippen LogP) is 2.55. The van der Waals surface area contributed by atoms with Gasteiger partial charge in [-0.1, -0.05) is 23.8 Å². The van der Waals surface area contributed by atoms with Gasteiger partial charge >= 0.3 is 0 Å². The quantitative estimate of drug-likeness (QED) is 0.693.